The van der Waals surface area contributed by atoms with Crippen molar-refractivity contribution in [1.82, 2.24) is 4.90 Å². The minimum Gasteiger partial charge on any atom is -0.327 e. The van der Waals surface area contributed by atoms with Crippen LogP contribution in [0, 0.1) is 5.92 Å². The van der Waals surface area contributed by atoms with Crippen LogP contribution in [0.5, 0.6) is 0 Å². The van der Waals surface area contributed by atoms with Gasteiger partial charge >= 0.3 is 0 Å². The summed E-state index contributed by atoms with van der Waals surface area (Å²) in [5.74, 6) is 0.572. The maximum Gasteiger partial charge on any atom is 0.0451 e. The third-order valence-electron chi connectivity index (χ3n) is 4.43. The van der Waals surface area contributed by atoms with E-state index in [0.29, 0.717) is 5.92 Å². The second-order valence-electron chi connectivity index (χ2n) is 6.48. The highest BCUT2D eigenvalue weighted by molar-refractivity contribution is 6.31. The summed E-state index contributed by atoms with van der Waals surface area (Å²) in [7, 11) is 0. The summed E-state index contributed by atoms with van der Waals surface area (Å²) in [5.41, 5.74) is 8.79. The molecule has 2 unspecified atom stereocenters. The molecule has 0 aromatic heterocycles. The largest absolute Gasteiger partial charge is 0.327 e. The molecule has 23 heavy (non-hydrogen) atoms. The normalized spacial score (nSPS) is 22.2. The third kappa shape index (κ3) is 4.71. The second-order valence-corrected chi connectivity index (χ2v) is 7.32. The molecular formula is C19H22Cl2N2. The van der Waals surface area contributed by atoms with Crippen LogP contribution < -0.4 is 5.73 Å². The fourth-order valence-corrected chi connectivity index (χ4v) is 3.77. The Labute approximate surface area is 148 Å². The minimum atomic E-state index is 0.225. The van der Waals surface area contributed by atoms with Gasteiger partial charge in [0.05, 0.1) is 0 Å². The van der Waals surface area contributed by atoms with E-state index in [0.717, 1.165) is 42.5 Å². The van der Waals surface area contributed by atoms with Crippen molar-refractivity contribution in [3.63, 3.8) is 0 Å². The van der Waals surface area contributed by atoms with Crippen molar-refractivity contribution < 1.29 is 0 Å². The van der Waals surface area contributed by atoms with Gasteiger partial charge in [-0.15, -0.1) is 0 Å². The van der Waals surface area contributed by atoms with Crippen molar-refractivity contribution in [3.05, 3.63) is 69.7 Å². The summed E-state index contributed by atoms with van der Waals surface area (Å²) in [6.07, 6.45) is 2.12. The van der Waals surface area contributed by atoms with E-state index in [1.54, 1.807) is 0 Å². The number of nitrogens with two attached hydrogens (primary N) is 1. The Kier molecular flexibility index (Phi) is 5.60. The van der Waals surface area contributed by atoms with Gasteiger partial charge in [-0.2, -0.15) is 0 Å². The van der Waals surface area contributed by atoms with Crippen LogP contribution in [-0.2, 0) is 13.0 Å². The molecular weight excluding hydrogens is 327 g/mol. The van der Waals surface area contributed by atoms with Crippen LogP contribution in [0.3, 0.4) is 0 Å². The molecule has 0 radical (unpaired) electrons. The fourth-order valence-electron chi connectivity index (χ4n) is 3.45. The van der Waals surface area contributed by atoms with Crippen LogP contribution in [0.2, 0.25) is 10.0 Å². The molecule has 1 saturated heterocycles. The first-order chi connectivity index (χ1) is 11.1. The van der Waals surface area contributed by atoms with Gasteiger partial charge in [0.2, 0.25) is 0 Å². The van der Waals surface area contributed by atoms with Crippen molar-refractivity contribution in [3.8, 4) is 0 Å². The zero-order valence-corrected chi connectivity index (χ0v) is 14.6. The quantitative estimate of drug-likeness (QED) is 0.887. The van der Waals surface area contributed by atoms with Gasteiger partial charge in [-0.3, -0.25) is 4.90 Å². The first-order valence-corrected chi connectivity index (χ1v) is 8.81. The number of hydrogen-bond acceptors (Lipinski definition) is 2. The number of halogens is 2. The number of nitrogens with zero attached hydrogens (tertiary/aromatic N) is 1. The van der Waals surface area contributed by atoms with E-state index >= 15 is 0 Å². The van der Waals surface area contributed by atoms with Crippen molar-refractivity contribution in [2.24, 2.45) is 11.7 Å². The molecule has 1 heterocycles. The molecule has 3 rings (SSSR count). The molecule has 1 aliphatic rings. The van der Waals surface area contributed by atoms with Crippen molar-refractivity contribution >= 4 is 23.2 Å². The van der Waals surface area contributed by atoms with Gasteiger partial charge in [0.25, 0.3) is 0 Å². The van der Waals surface area contributed by atoms with E-state index in [2.05, 4.69) is 23.1 Å². The summed E-state index contributed by atoms with van der Waals surface area (Å²) in [6, 6.07) is 16.4. The summed E-state index contributed by atoms with van der Waals surface area (Å²) in [4.78, 5) is 2.43. The van der Waals surface area contributed by atoms with Crippen LogP contribution in [0.4, 0.5) is 0 Å². The van der Waals surface area contributed by atoms with Crippen molar-refractivity contribution in [2.75, 3.05) is 13.1 Å². The molecule has 0 amide bonds. The lowest BCUT2D eigenvalue weighted by Gasteiger charge is -2.36. The van der Waals surface area contributed by atoms with Gasteiger partial charge in [0.15, 0.2) is 0 Å². The number of hydrogen-bond donors (Lipinski definition) is 1. The summed E-state index contributed by atoms with van der Waals surface area (Å²) in [6.45, 7) is 2.86. The lowest BCUT2D eigenvalue weighted by atomic mass is 9.89. The third-order valence-corrected chi connectivity index (χ3v) is 5.06. The average Bonchev–Trinajstić information content (AvgIpc) is 2.51. The van der Waals surface area contributed by atoms with Gasteiger partial charge < -0.3 is 5.73 Å². The predicted molar refractivity (Wildman–Crippen MR) is 98.0 cm³/mol. The number of rotatable bonds is 4. The Morgan fingerprint density at radius 3 is 2.48 bits per heavy atom. The van der Waals surface area contributed by atoms with Crippen LogP contribution in [0.1, 0.15) is 17.5 Å². The highest BCUT2D eigenvalue weighted by atomic mass is 35.5. The van der Waals surface area contributed by atoms with Gasteiger partial charge in [-0.1, -0.05) is 53.5 Å². The van der Waals surface area contributed by atoms with E-state index in [9.17, 15) is 0 Å². The van der Waals surface area contributed by atoms with Crippen LogP contribution >= 0.6 is 23.2 Å². The predicted octanol–water partition coefficient (Wildman–Crippen LogP) is 4.39. The molecule has 0 spiro atoms. The highest BCUT2D eigenvalue weighted by Gasteiger charge is 2.25. The fraction of sp³-hybridized carbons (Fsp3) is 0.368. The van der Waals surface area contributed by atoms with E-state index in [1.807, 2.05) is 30.3 Å². The molecule has 2 N–H and O–H groups in total. The van der Waals surface area contributed by atoms with Gasteiger partial charge in [-0.25, -0.2) is 0 Å². The first-order valence-electron chi connectivity index (χ1n) is 8.06. The Morgan fingerprint density at radius 2 is 1.74 bits per heavy atom. The number of benzene rings is 2. The molecule has 2 nitrogen and oxygen atoms in total. The topological polar surface area (TPSA) is 29.3 Å². The molecule has 2 aromatic carbocycles. The van der Waals surface area contributed by atoms with Gasteiger partial charge in [-0.05, 0) is 48.1 Å². The molecule has 1 aliphatic heterocycles. The van der Waals surface area contributed by atoms with E-state index in [-0.39, 0.29) is 6.04 Å². The molecule has 122 valence electrons. The molecule has 4 heteroatoms. The van der Waals surface area contributed by atoms with Gasteiger partial charge in [0, 0.05) is 35.7 Å². The smallest absolute Gasteiger partial charge is 0.0451 e. The lowest BCUT2D eigenvalue weighted by Crippen LogP contribution is -2.47. The Hall–Kier alpha value is -1.06. The lowest BCUT2D eigenvalue weighted by molar-refractivity contribution is 0.149. The summed E-state index contributed by atoms with van der Waals surface area (Å²) < 4.78 is 0. The zero-order chi connectivity index (χ0) is 16.2. The molecule has 2 aromatic rings. The number of likely N-dealkylation sites (tertiary alicyclic amines) is 1. The Morgan fingerprint density at radius 1 is 1.00 bits per heavy atom. The SMILES string of the molecule is NC1CC(Cc2ccc(Cl)cc2)CN(Cc2ccccc2Cl)C1. The average molecular weight is 349 g/mol. The molecule has 1 fully saturated rings. The molecule has 0 aliphatic carbocycles. The van der Waals surface area contributed by atoms with Crippen LogP contribution in [0.25, 0.3) is 0 Å². The minimum absolute atomic E-state index is 0.225. The van der Waals surface area contributed by atoms with Crippen molar-refractivity contribution in [2.45, 2.75) is 25.4 Å². The second kappa shape index (κ2) is 7.67. The van der Waals surface area contributed by atoms with Gasteiger partial charge in [0.1, 0.15) is 0 Å². The highest BCUT2D eigenvalue weighted by Crippen LogP contribution is 2.24. The summed E-state index contributed by atoms with van der Waals surface area (Å²) in [5, 5.41) is 1.62. The zero-order valence-electron chi connectivity index (χ0n) is 13.1. The maximum absolute atomic E-state index is 6.29. The van der Waals surface area contributed by atoms with Crippen LogP contribution in [0.15, 0.2) is 48.5 Å². The summed E-state index contributed by atoms with van der Waals surface area (Å²) >= 11 is 12.3. The van der Waals surface area contributed by atoms with E-state index < -0.39 is 0 Å². The van der Waals surface area contributed by atoms with Crippen molar-refractivity contribution in [1.29, 1.82) is 0 Å². The molecule has 0 bridgehead atoms. The Bertz CT molecular complexity index is 642. The van der Waals surface area contributed by atoms with E-state index in [1.165, 1.54) is 11.1 Å². The van der Waals surface area contributed by atoms with Crippen LogP contribution in [-0.4, -0.2) is 24.0 Å². The molecule has 2 atom stereocenters. The first kappa shape index (κ1) is 16.8. The Balaban J connectivity index is 1.64. The standard InChI is InChI=1S/C19H22Cl2N2/c20-17-7-5-14(6-8-17)9-15-10-18(22)13-23(11-15)12-16-3-1-2-4-19(16)21/h1-8,15,18H,9-13,22H2. The molecule has 0 saturated carbocycles. The van der Waals surface area contributed by atoms with E-state index in [4.69, 9.17) is 28.9 Å². The maximum atomic E-state index is 6.29. The number of piperidine rings is 1. The monoisotopic (exact) mass is 348 g/mol.